The zero-order valence-corrected chi connectivity index (χ0v) is 12.4. The Kier molecular flexibility index (Phi) is 4.15. The molecule has 1 aromatic heterocycles. The number of nitrogens with one attached hydrogen (secondary N) is 1. The number of fused-ring (bicyclic) bond motifs is 1. The summed E-state index contributed by atoms with van der Waals surface area (Å²) in [5.74, 6) is -0.262. The second kappa shape index (κ2) is 6.23. The molecule has 1 fully saturated rings. The molecule has 7 heteroatoms. The van der Waals surface area contributed by atoms with Gasteiger partial charge in [0, 0.05) is 13.2 Å². The number of aromatic nitrogens is 3. The summed E-state index contributed by atoms with van der Waals surface area (Å²) < 4.78 is 6.58. The molecular formula is C15H18N4O3. The molecule has 2 heterocycles. The molecule has 116 valence electrons. The van der Waals surface area contributed by atoms with Crippen molar-refractivity contribution in [1.29, 1.82) is 0 Å². The minimum Gasteiger partial charge on any atom is -0.376 e. The van der Waals surface area contributed by atoms with Crippen LogP contribution in [0.15, 0.2) is 29.1 Å². The molecule has 1 aliphatic rings. The standard InChI is InChI=1S/C15H18N4O3/c1-10(14(20)16-9-11-5-4-8-22-11)19-15(21)12-6-2-3-7-13(12)17-18-19/h2-3,6-7,10-11H,4-5,8-9H2,1H3,(H,16,20)/t10-,11+/m1/s1. The Morgan fingerprint density at radius 3 is 3.09 bits per heavy atom. The summed E-state index contributed by atoms with van der Waals surface area (Å²) in [5.41, 5.74) is 0.209. The van der Waals surface area contributed by atoms with Gasteiger partial charge in [-0.2, -0.15) is 4.68 Å². The third kappa shape index (κ3) is 2.85. The quantitative estimate of drug-likeness (QED) is 0.896. The van der Waals surface area contributed by atoms with Crippen molar-refractivity contribution in [2.45, 2.75) is 31.9 Å². The van der Waals surface area contributed by atoms with Crippen LogP contribution in [-0.4, -0.2) is 40.2 Å². The van der Waals surface area contributed by atoms with Gasteiger partial charge in [-0.3, -0.25) is 9.59 Å². The Morgan fingerprint density at radius 1 is 1.50 bits per heavy atom. The lowest BCUT2D eigenvalue weighted by molar-refractivity contribution is -0.124. The number of ether oxygens (including phenoxy) is 1. The average Bonchev–Trinajstić information content (AvgIpc) is 3.06. The largest absolute Gasteiger partial charge is 0.376 e. The molecule has 3 rings (SSSR count). The molecule has 2 atom stereocenters. The van der Waals surface area contributed by atoms with Crippen LogP contribution in [0.4, 0.5) is 0 Å². The van der Waals surface area contributed by atoms with Gasteiger partial charge in [-0.1, -0.05) is 17.3 Å². The minimum atomic E-state index is -0.717. The van der Waals surface area contributed by atoms with E-state index in [4.69, 9.17) is 4.74 Å². The summed E-state index contributed by atoms with van der Waals surface area (Å²) in [4.78, 5) is 24.6. The molecule has 1 aromatic carbocycles. The van der Waals surface area contributed by atoms with Gasteiger partial charge in [0.2, 0.25) is 5.91 Å². The predicted octanol–water partition coefficient (Wildman–Crippen LogP) is 0.648. The van der Waals surface area contributed by atoms with Crippen LogP contribution < -0.4 is 10.9 Å². The van der Waals surface area contributed by atoms with E-state index in [9.17, 15) is 9.59 Å². The first kappa shape index (κ1) is 14.6. The van der Waals surface area contributed by atoms with Crippen molar-refractivity contribution >= 4 is 16.8 Å². The Hall–Kier alpha value is -2.28. The maximum absolute atomic E-state index is 12.4. The van der Waals surface area contributed by atoms with Crippen LogP contribution in [0, 0.1) is 0 Å². The molecule has 22 heavy (non-hydrogen) atoms. The summed E-state index contributed by atoms with van der Waals surface area (Å²) in [6.45, 7) is 2.83. The molecule has 1 N–H and O–H groups in total. The first-order chi connectivity index (χ1) is 10.7. The molecule has 1 amide bonds. The fraction of sp³-hybridized carbons (Fsp3) is 0.467. The number of carbonyl (C=O) groups is 1. The number of benzene rings is 1. The van der Waals surface area contributed by atoms with E-state index in [1.54, 1.807) is 31.2 Å². The van der Waals surface area contributed by atoms with Crippen molar-refractivity contribution < 1.29 is 9.53 Å². The molecular weight excluding hydrogens is 284 g/mol. The number of hydrogen-bond acceptors (Lipinski definition) is 5. The van der Waals surface area contributed by atoms with E-state index in [0.29, 0.717) is 17.4 Å². The van der Waals surface area contributed by atoms with Gasteiger partial charge in [-0.15, -0.1) is 5.10 Å². The SMILES string of the molecule is C[C@H](C(=O)NC[C@@H]1CCCO1)n1nnc2ccccc2c1=O. The van der Waals surface area contributed by atoms with Crippen molar-refractivity contribution in [3.8, 4) is 0 Å². The third-order valence-electron chi connectivity index (χ3n) is 3.87. The van der Waals surface area contributed by atoms with E-state index in [-0.39, 0.29) is 17.6 Å². The number of nitrogens with zero attached hydrogens (tertiary/aromatic N) is 3. The Morgan fingerprint density at radius 2 is 2.32 bits per heavy atom. The molecule has 0 bridgehead atoms. The van der Waals surface area contributed by atoms with Gasteiger partial charge < -0.3 is 10.1 Å². The summed E-state index contributed by atoms with van der Waals surface area (Å²) in [6.07, 6.45) is 2.03. The fourth-order valence-electron chi connectivity index (χ4n) is 2.53. The highest BCUT2D eigenvalue weighted by atomic mass is 16.5. The van der Waals surface area contributed by atoms with Gasteiger partial charge >= 0.3 is 0 Å². The predicted molar refractivity (Wildman–Crippen MR) is 80.5 cm³/mol. The van der Waals surface area contributed by atoms with E-state index in [1.165, 1.54) is 0 Å². The Balaban J connectivity index is 1.76. The number of carbonyl (C=O) groups excluding carboxylic acids is 1. The number of rotatable bonds is 4. The lowest BCUT2D eigenvalue weighted by Crippen LogP contribution is -2.40. The monoisotopic (exact) mass is 302 g/mol. The zero-order valence-electron chi connectivity index (χ0n) is 12.4. The highest BCUT2D eigenvalue weighted by molar-refractivity contribution is 5.81. The number of hydrogen-bond donors (Lipinski definition) is 1. The highest BCUT2D eigenvalue weighted by Gasteiger charge is 2.21. The Bertz CT molecular complexity index is 737. The van der Waals surface area contributed by atoms with Gasteiger partial charge in [0.25, 0.3) is 5.56 Å². The average molecular weight is 302 g/mol. The second-order valence-electron chi connectivity index (χ2n) is 5.41. The third-order valence-corrected chi connectivity index (χ3v) is 3.87. The van der Waals surface area contributed by atoms with Gasteiger partial charge in [-0.05, 0) is 31.9 Å². The van der Waals surface area contributed by atoms with Crippen molar-refractivity contribution in [3.63, 3.8) is 0 Å². The van der Waals surface area contributed by atoms with E-state index in [0.717, 1.165) is 24.1 Å². The van der Waals surface area contributed by atoms with Crippen LogP contribution >= 0.6 is 0 Å². The summed E-state index contributed by atoms with van der Waals surface area (Å²) in [7, 11) is 0. The molecule has 1 aliphatic heterocycles. The molecule has 1 saturated heterocycles. The summed E-state index contributed by atoms with van der Waals surface area (Å²) >= 11 is 0. The van der Waals surface area contributed by atoms with Gasteiger partial charge in [0.15, 0.2) is 0 Å². The van der Waals surface area contributed by atoms with Gasteiger partial charge in [0.05, 0.1) is 11.5 Å². The number of amides is 1. The maximum Gasteiger partial charge on any atom is 0.278 e. The molecule has 7 nitrogen and oxygen atoms in total. The van der Waals surface area contributed by atoms with Crippen molar-refractivity contribution in [2.75, 3.05) is 13.2 Å². The van der Waals surface area contributed by atoms with Crippen molar-refractivity contribution in [2.24, 2.45) is 0 Å². The van der Waals surface area contributed by atoms with Gasteiger partial charge in [-0.25, -0.2) is 0 Å². The van der Waals surface area contributed by atoms with Crippen LogP contribution in [0.25, 0.3) is 10.9 Å². The molecule has 0 unspecified atom stereocenters. The smallest absolute Gasteiger partial charge is 0.278 e. The van der Waals surface area contributed by atoms with E-state index < -0.39 is 6.04 Å². The van der Waals surface area contributed by atoms with Gasteiger partial charge in [0.1, 0.15) is 11.6 Å². The van der Waals surface area contributed by atoms with Crippen LogP contribution in [0.2, 0.25) is 0 Å². The van der Waals surface area contributed by atoms with Crippen molar-refractivity contribution in [1.82, 2.24) is 20.3 Å². The second-order valence-corrected chi connectivity index (χ2v) is 5.41. The highest BCUT2D eigenvalue weighted by Crippen LogP contribution is 2.11. The molecule has 2 aromatic rings. The molecule has 0 spiro atoms. The topological polar surface area (TPSA) is 86.1 Å². The molecule has 0 aliphatic carbocycles. The van der Waals surface area contributed by atoms with Crippen molar-refractivity contribution in [3.05, 3.63) is 34.6 Å². The maximum atomic E-state index is 12.4. The van der Waals surface area contributed by atoms with Crippen LogP contribution in [0.1, 0.15) is 25.8 Å². The zero-order chi connectivity index (χ0) is 15.5. The van der Waals surface area contributed by atoms with E-state index in [1.807, 2.05) is 0 Å². The summed E-state index contributed by atoms with van der Waals surface area (Å²) in [5, 5.41) is 11.1. The first-order valence-electron chi connectivity index (χ1n) is 7.40. The normalized spacial score (nSPS) is 19.2. The van der Waals surface area contributed by atoms with Crippen LogP contribution in [-0.2, 0) is 9.53 Å². The van der Waals surface area contributed by atoms with E-state index in [2.05, 4.69) is 15.6 Å². The fourth-order valence-corrected chi connectivity index (χ4v) is 2.53. The van der Waals surface area contributed by atoms with Crippen LogP contribution in [0.5, 0.6) is 0 Å². The van der Waals surface area contributed by atoms with E-state index >= 15 is 0 Å². The minimum absolute atomic E-state index is 0.0653. The molecule has 0 saturated carbocycles. The lowest BCUT2D eigenvalue weighted by Gasteiger charge is -2.15. The summed E-state index contributed by atoms with van der Waals surface area (Å²) in [6, 6.07) is 6.23. The lowest BCUT2D eigenvalue weighted by atomic mass is 10.2. The molecule has 0 radical (unpaired) electrons. The Labute approximate surface area is 127 Å². The van der Waals surface area contributed by atoms with Crippen LogP contribution in [0.3, 0.4) is 0 Å². The first-order valence-corrected chi connectivity index (χ1v) is 7.40.